The molecule has 0 atom stereocenters. The van der Waals surface area contributed by atoms with Gasteiger partial charge in [0.05, 0.1) is 0 Å². The molecule has 0 aromatic heterocycles. The molecule has 0 aromatic carbocycles. The molecule has 0 saturated heterocycles. The van der Waals surface area contributed by atoms with Gasteiger partial charge in [-0.2, -0.15) is 0 Å². The van der Waals surface area contributed by atoms with E-state index >= 15 is 0 Å². The summed E-state index contributed by atoms with van der Waals surface area (Å²) in [4.78, 5) is 2.06. The van der Waals surface area contributed by atoms with Gasteiger partial charge < -0.3 is 0 Å². The van der Waals surface area contributed by atoms with Gasteiger partial charge in [0.1, 0.15) is 0 Å². The van der Waals surface area contributed by atoms with Crippen molar-refractivity contribution in [2.45, 2.75) is 0 Å². The standard InChI is InChI=1S/C9H14N/c1-4-7-10(8-5-2)9-6-3/h4-7H,1-3,8-9H2/i7+2,8+2,9+2. The van der Waals surface area contributed by atoms with Gasteiger partial charge in [-0.05, 0) is 0 Å². The summed E-state index contributed by atoms with van der Waals surface area (Å²) in [5, 5.41) is 0. The fourth-order valence-electron chi connectivity index (χ4n) is 0.677. The third-order valence-electron chi connectivity index (χ3n) is 1.04. The van der Waals surface area contributed by atoms with Gasteiger partial charge in [0.25, 0.3) is 0 Å². The first-order valence-corrected chi connectivity index (χ1v) is 3.27. The second-order valence-electron chi connectivity index (χ2n) is 1.92. The SMILES string of the molecule is C=C[14CH]N([14CH2]C=C)[14CH2]C=C. The normalized spacial score (nSPS) is 9.30. The molecule has 0 aliphatic carbocycles. The Morgan fingerprint density at radius 1 is 1.10 bits per heavy atom. The molecule has 0 aliphatic heterocycles. The Morgan fingerprint density at radius 3 is 1.90 bits per heavy atom. The lowest BCUT2D eigenvalue weighted by molar-refractivity contribution is 0.428. The summed E-state index contributed by atoms with van der Waals surface area (Å²) in [5.74, 6) is 0. The highest BCUT2D eigenvalue weighted by molar-refractivity contribution is 4.92. The van der Waals surface area contributed by atoms with Crippen molar-refractivity contribution >= 4 is 0 Å². The van der Waals surface area contributed by atoms with Crippen molar-refractivity contribution in [2.24, 2.45) is 0 Å². The molecule has 0 saturated carbocycles. The van der Waals surface area contributed by atoms with Crippen LogP contribution in [0.5, 0.6) is 0 Å². The van der Waals surface area contributed by atoms with Crippen LogP contribution in [0.1, 0.15) is 0 Å². The minimum absolute atomic E-state index is 0.845. The van der Waals surface area contributed by atoms with Crippen molar-refractivity contribution in [3.8, 4) is 0 Å². The van der Waals surface area contributed by atoms with Gasteiger partial charge in [0.2, 0.25) is 0 Å². The zero-order chi connectivity index (χ0) is 7.82. The maximum absolute atomic E-state index is 3.63. The van der Waals surface area contributed by atoms with Crippen LogP contribution in [0.3, 0.4) is 0 Å². The summed E-state index contributed by atoms with van der Waals surface area (Å²) in [6.07, 6.45) is 5.46. The number of hydrogen-bond donors (Lipinski definition) is 0. The highest BCUT2D eigenvalue weighted by Gasteiger charge is 1.94. The number of hydrogen-bond acceptors (Lipinski definition) is 1. The van der Waals surface area contributed by atoms with E-state index in [-0.39, 0.29) is 0 Å². The van der Waals surface area contributed by atoms with E-state index in [1.165, 1.54) is 0 Å². The van der Waals surface area contributed by atoms with Crippen LogP contribution in [-0.4, -0.2) is 18.0 Å². The molecule has 0 spiro atoms. The molecule has 0 amide bonds. The zero-order valence-corrected chi connectivity index (χ0v) is 6.29. The Kier molecular flexibility index (Phi) is 5.79. The zero-order valence-electron chi connectivity index (χ0n) is 6.29. The van der Waals surface area contributed by atoms with Crippen molar-refractivity contribution in [1.82, 2.24) is 4.90 Å². The van der Waals surface area contributed by atoms with Crippen LogP contribution in [-0.2, 0) is 0 Å². The van der Waals surface area contributed by atoms with Gasteiger partial charge in [-0.3, -0.25) is 4.90 Å². The highest BCUT2D eigenvalue weighted by atomic mass is 15.9. The number of nitrogens with zero attached hydrogens (tertiary/aromatic N) is 1. The van der Waals surface area contributed by atoms with Crippen LogP contribution in [0.15, 0.2) is 38.0 Å². The Hall–Kier alpha value is -0.820. The molecule has 0 aromatic rings. The van der Waals surface area contributed by atoms with Crippen molar-refractivity contribution in [3.05, 3.63) is 44.5 Å². The van der Waals surface area contributed by atoms with E-state index in [2.05, 4.69) is 24.6 Å². The Bertz CT molecular complexity index is 92.1. The Balaban J connectivity index is 3.58. The molecule has 0 aliphatic rings. The van der Waals surface area contributed by atoms with E-state index in [0.29, 0.717) is 0 Å². The van der Waals surface area contributed by atoms with Crippen LogP contribution >= 0.6 is 0 Å². The molecule has 0 rings (SSSR count). The van der Waals surface area contributed by atoms with Crippen LogP contribution in [0, 0.1) is 6.54 Å². The minimum Gasteiger partial charge on any atom is -0.288 e. The molecular weight excluding hydrogens is 128 g/mol. The predicted octanol–water partition coefficient (Wildman–Crippen LogP) is 2.01. The first kappa shape index (κ1) is 9.18. The summed E-state index contributed by atoms with van der Waals surface area (Å²) in [7, 11) is 0. The van der Waals surface area contributed by atoms with Crippen LogP contribution in [0.2, 0.25) is 0 Å². The molecule has 55 valence electrons. The third-order valence-corrected chi connectivity index (χ3v) is 1.04. The summed E-state index contributed by atoms with van der Waals surface area (Å²) < 4.78 is 0. The summed E-state index contributed by atoms with van der Waals surface area (Å²) in [6, 6.07) is 0. The summed E-state index contributed by atoms with van der Waals surface area (Å²) in [6.45, 7) is 14.5. The first-order valence-electron chi connectivity index (χ1n) is 3.27. The molecular formula is C9H14N. The Labute approximate surface area is 63.3 Å². The van der Waals surface area contributed by atoms with Crippen molar-refractivity contribution in [3.63, 3.8) is 0 Å². The maximum Gasteiger partial charge on any atom is 0.0474 e. The summed E-state index contributed by atoms with van der Waals surface area (Å²) in [5.41, 5.74) is 0. The minimum atomic E-state index is 0.845. The fraction of sp³-hybridized carbons (Fsp3) is 0.222. The van der Waals surface area contributed by atoms with E-state index < -0.39 is 0 Å². The molecule has 0 N–H and O–H groups in total. The van der Waals surface area contributed by atoms with Gasteiger partial charge >= 0.3 is 0 Å². The van der Waals surface area contributed by atoms with Crippen LogP contribution in [0.25, 0.3) is 0 Å². The molecule has 1 radical (unpaired) electrons. The quantitative estimate of drug-likeness (QED) is 0.513. The van der Waals surface area contributed by atoms with E-state index in [1.54, 1.807) is 6.08 Å². The number of rotatable bonds is 6. The monoisotopic (exact) mass is 142 g/mol. The third kappa shape index (κ3) is 4.10. The van der Waals surface area contributed by atoms with Crippen molar-refractivity contribution in [2.75, 3.05) is 13.1 Å². The molecule has 0 heterocycles. The van der Waals surface area contributed by atoms with Gasteiger partial charge in [-0.1, -0.05) is 18.2 Å². The first-order chi connectivity index (χ1) is 4.85. The molecule has 0 unspecified atom stereocenters. The molecule has 10 heavy (non-hydrogen) atoms. The average Bonchev–Trinajstić information content (AvgIpc) is 1.90. The van der Waals surface area contributed by atoms with Crippen molar-refractivity contribution < 1.29 is 0 Å². The van der Waals surface area contributed by atoms with E-state index in [4.69, 9.17) is 0 Å². The lowest BCUT2D eigenvalue weighted by Crippen LogP contribution is -2.19. The van der Waals surface area contributed by atoms with Gasteiger partial charge in [0, 0.05) is 19.6 Å². The van der Waals surface area contributed by atoms with Gasteiger partial charge in [-0.15, -0.1) is 19.7 Å². The second-order valence-corrected chi connectivity index (χ2v) is 1.92. The van der Waals surface area contributed by atoms with Crippen LogP contribution in [0.4, 0.5) is 0 Å². The van der Waals surface area contributed by atoms with E-state index in [1.807, 2.05) is 18.7 Å². The molecule has 1 nitrogen and oxygen atoms in total. The van der Waals surface area contributed by atoms with E-state index in [9.17, 15) is 0 Å². The highest BCUT2D eigenvalue weighted by Crippen LogP contribution is 1.93. The average molecular weight is 142 g/mol. The molecule has 1 heteroatoms. The second kappa shape index (κ2) is 6.30. The molecule has 0 fully saturated rings. The van der Waals surface area contributed by atoms with Gasteiger partial charge in [-0.25, -0.2) is 0 Å². The Morgan fingerprint density at radius 2 is 1.60 bits per heavy atom. The topological polar surface area (TPSA) is 3.24 Å². The van der Waals surface area contributed by atoms with Gasteiger partial charge in [0.15, 0.2) is 0 Å². The lowest BCUT2D eigenvalue weighted by Gasteiger charge is -2.14. The predicted molar refractivity (Wildman–Crippen MR) is 46.5 cm³/mol. The molecule has 0 bridgehead atoms. The van der Waals surface area contributed by atoms with Crippen LogP contribution < -0.4 is 0 Å². The maximum atomic E-state index is 3.63. The fourth-order valence-corrected chi connectivity index (χ4v) is 0.677. The summed E-state index contributed by atoms with van der Waals surface area (Å²) >= 11 is 0. The smallest absolute Gasteiger partial charge is 0.0474 e. The van der Waals surface area contributed by atoms with E-state index in [0.717, 1.165) is 13.1 Å². The lowest BCUT2D eigenvalue weighted by atomic mass is 11.0. The van der Waals surface area contributed by atoms with Crippen molar-refractivity contribution in [1.29, 1.82) is 0 Å². The largest absolute Gasteiger partial charge is 0.288 e.